The summed E-state index contributed by atoms with van der Waals surface area (Å²) in [5.74, 6) is 0.574. The van der Waals surface area contributed by atoms with Crippen LogP contribution >= 0.6 is 0 Å². The van der Waals surface area contributed by atoms with E-state index >= 15 is 0 Å². The Labute approximate surface area is 167 Å². The van der Waals surface area contributed by atoms with Crippen molar-refractivity contribution in [2.45, 2.75) is 6.92 Å². The number of nitrogens with one attached hydrogen (secondary N) is 2. The van der Waals surface area contributed by atoms with Crippen LogP contribution in [0.3, 0.4) is 0 Å². The molecule has 0 saturated heterocycles. The van der Waals surface area contributed by atoms with Crippen LogP contribution in [0.5, 0.6) is 5.75 Å². The molecule has 144 valence electrons. The van der Waals surface area contributed by atoms with Crippen LogP contribution in [-0.2, 0) is 0 Å². The maximum absolute atomic E-state index is 12.7. The van der Waals surface area contributed by atoms with Gasteiger partial charge in [-0.1, -0.05) is 30.3 Å². The molecule has 0 fully saturated rings. The van der Waals surface area contributed by atoms with Crippen molar-refractivity contribution in [3.05, 3.63) is 78.8 Å². The maximum atomic E-state index is 12.7. The highest BCUT2D eigenvalue weighted by Crippen LogP contribution is 2.25. The van der Waals surface area contributed by atoms with Gasteiger partial charge in [0.1, 0.15) is 11.4 Å². The smallest absolute Gasteiger partial charge is 0.274 e. The molecule has 0 saturated carbocycles. The van der Waals surface area contributed by atoms with E-state index in [0.29, 0.717) is 24.0 Å². The zero-order valence-electron chi connectivity index (χ0n) is 15.8. The van der Waals surface area contributed by atoms with Gasteiger partial charge in [0.05, 0.1) is 23.5 Å². The molecule has 2 N–H and O–H groups in total. The van der Waals surface area contributed by atoms with Gasteiger partial charge in [0.2, 0.25) is 5.95 Å². The molecule has 2 heterocycles. The monoisotopic (exact) mass is 385 g/mol. The number of carbonyl (C=O) groups excluding carboxylic acids is 1. The van der Waals surface area contributed by atoms with Crippen molar-refractivity contribution in [3.63, 3.8) is 0 Å². The quantitative estimate of drug-likeness (QED) is 0.511. The van der Waals surface area contributed by atoms with Crippen molar-refractivity contribution in [2.24, 2.45) is 0 Å². The molecule has 4 aromatic rings. The van der Waals surface area contributed by atoms with Gasteiger partial charge in [0, 0.05) is 17.8 Å². The zero-order chi connectivity index (χ0) is 20.1. The average Bonchev–Trinajstić information content (AvgIpc) is 2.76. The molecule has 0 spiro atoms. The van der Waals surface area contributed by atoms with Gasteiger partial charge in [0.25, 0.3) is 5.91 Å². The van der Waals surface area contributed by atoms with Crippen LogP contribution in [0.1, 0.15) is 17.4 Å². The molecule has 2 aromatic carbocycles. The second kappa shape index (κ2) is 8.35. The molecule has 1 amide bonds. The highest BCUT2D eigenvalue weighted by molar-refractivity contribution is 6.03. The van der Waals surface area contributed by atoms with E-state index in [9.17, 15) is 4.79 Å². The van der Waals surface area contributed by atoms with Crippen LogP contribution in [0, 0.1) is 0 Å². The van der Waals surface area contributed by atoms with Gasteiger partial charge >= 0.3 is 0 Å². The third-order valence-corrected chi connectivity index (χ3v) is 4.20. The van der Waals surface area contributed by atoms with Crippen molar-refractivity contribution in [3.8, 4) is 5.75 Å². The molecule has 0 radical (unpaired) electrons. The number of hydrogen-bond donors (Lipinski definition) is 2. The summed E-state index contributed by atoms with van der Waals surface area (Å²) in [6, 6.07) is 18.5. The van der Waals surface area contributed by atoms with Gasteiger partial charge in [0.15, 0.2) is 0 Å². The van der Waals surface area contributed by atoms with Crippen LogP contribution in [0.25, 0.3) is 10.9 Å². The Kier molecular flexibility index (Phi) is 5.29. The third kappa shape index (κ3) is 4.14. The highest BCUT2D eigenvalue weighted by atomic mass is 16.5. The molecule has 0 aliphatic carbocycles. The Balaban J connectivity index is 1.56. The number of aromatic nitrogens is 3. The Morgan fingerprint density at radius 2 is 1.76 bits per heavy atom. The number of hydrogen-bond acceptors (Lipinski definition) is 6. The predicted octanol–water partition coefficient (Wildman–Crippen LogP) is 4.42. The lowest BCUT2D eigenvalue weighted by molar-refractivity contribution is 0.102. The van der Waals surface area contributed by atoms with E-state index in [0.717, 1.165) is 16.6 Å². The number of amides is 1. The van der Waals surface area contributed by atoms with Crippen molar-refractivity contribution < 1.29 is 9.53 Å². The number of anilines is 3. The van der Waals surface area contributed by atoms with Crippen molar-refractivity contribution in [1.29, 1.82) is 0 Å². The van der Waals surface area contributed by atoms with E-state index < -0.39 is 0 Å². The second-order valence-electron chi connectivity index (χ2n) is 6.15. The number of nitrogens with zero attached hydrogens (tertiary/aromatic N) is 3. The van der Waals surface area contributed by atoms with Crippen LogP contribution in [-0.4, -0.2) is 27.5 Å². The van der Waals surface area contributed by atoms with Crippen LogP contribution in [0.4, 0.5) is 17.3 Å². The van der Waals surface area contributed by atoms with E-state index in [1.54, 1.807) is 24.4 Å². The number of ether oxygens (including phenoxy) is 1. The maximum Gasteiger partial charge on any atom is 0.274 e. The summed E-state index contributed by atoms with van der Waals surface area (Å²) in [5.41, 5.74) is 2.40. The first kappa shape index (κ1) is 18.4. The lowest BCUT2D eigenvalue weighted by Crippen LogP contribution is -2.15. The SMILES string of the molecule is CCOc1ccccc1NC(=O)c1ccnc(Nc2cccc3cccnc23)n1. The standard InChI is InChI=1S/C22H19N5O2/c1-2-29-19-11-4-3-9-16(19)25-21(28)18-12-14-24-22(27-18)26-17-10-5-7-15-8-6-13-23-20(15)17/h3-14H,2H2,1H3,(H,25,28)(H,24,26,27). The topological polar surface area (TPSA) is 89.0 Å². The molecule has 7 nitrogen and oxygen atoms in total. The van der Waals surface area contributed by atoms with Crippen molar-refractivity contribution in [1.82, 2.24) is 15.0 Å². The largest absolute Gasteiger partial charge is 0.492 e. The fourth-order valence-electron chi connectivity index (χ4n) is 2.91. The first-order valence-electron chi connectivity index (χ1n) is 9.21. The first-order valence-corrected chi connectivity index (χ1v) is 9.21. The summed E-state index contributed by atoms with van der Waals surface area (Å²) >= 11 is 0. The molecule has 29 heavy (non-hydrogen) atoms. The molecule has 0 aliphatic rings. The Morgan fingerprint density at radius 3 is 2.66 bits per heavy atom. The molecule has 2 aromatic heterocycles. The van der Waals surface area contributed by atoms with Crippen molar-refractivity contribution in [2.75, 3.05) is 17.2 Å². The Bertz CT molecular complexity index is 1160. The number of benzene rings is 2. The molecule has 0 atom stereocenters. The Morgan fingerprint density at radius 1 is 0.931 bits per heavy atom. The number of carbonyl (C=O) groups is 1. The molecule has 0 bridgehead atoms. The summed E-state index contributed by atoms with van der Waals surface area (Å²) in [6.45, 7) is 2.40. The zero-order valence-corrected chi connectivity index (χ0v) is 15.8. The first-order chi connectivity index (χ1) is 14.2. The van der Waals surface area contributed by atoms with Gasteiger partial charge in [-0.25, -0.2) is 9.97 Å². The van der Waals surface area contributed by atoms with E-state index in [1.807, 2.05) is 49.4 Å². The predicted molar refractivity (Wildman–Crippen MR) is 113 cm³/mol. The molecule has 0 aliphatic heterocycles. The minimum absolute atomic E-state index is 0.238. The average molecular weight is 385 g/mol. The minimum Gasteiger partial charge on any atom is -0.492 e. The van der Waals surface area contributed by atoms with Gasteiger partial charge in [-0.15, -0.1) is 0 Å². The number of pyridine rings is 1. The van der Waals surface area contributed by atoms with Gasteiger partial charge < -0.3 is 15.4 Å². The molecular formula is C22H19N5O2. The fraction of sp³-hybridized carbons (Fsp3) is 0.0909. The van der Waals surface area contributed by atoms with Crippen LogP contribution < -0.4 is 15.4 Å². The fourth-order valence-corrected chi connectivity index (χ4v) is 2.91. The van der Waals surface area contributed by atoms with E-state index in [2.05, 4.69) is 25.6 Å². The van der Waals surface area contributed by atoms with Crippen molar-refractivity contribution >= 4 is 34.1 Å². The number of rotatable bonds is 6. The lowest BCUT2D eigenvalue weighted by atomic mass is 10.2. The normalized spacial score (nSPS) is 10.5. The lowest BCUT2D eigenvalue weighted by Gasteiger charge is -2.11. The van der Waals surface area contributed by atoms with E-state index in [1.165, 1.54) is 6.20 Å². The molecule has 0 unspecified atom stereocenters. The van der Waals surface area contributed by atoms with Gasteiger partial charge in [-0.2, -0.15) is 0 Å². The summed E-state index contributed by atoms with van der Waals surface area (Å²) in [7, 11) is 0. The highest BCUT2D eigenvalue weighted by Gasteiger charge is 2.13. The van der Waals surface area contributed by atoms with Crippen LogP contribution in [0.2, 0.25) is 0 Å². The summed E-state index contributed by atoms with van der Waals surface area (Å²) < 4.78 is 5.55. The molecule has 4 rings (SSSR count). The van der Waals surface area contributed by atoms with Gasteiger partial charge in [-0.3, -0.25) is 9.78 Å². The summed E-state index contributed by atoms with van der Waals surface area (Å²) in [6.07, 6.45) is 3.27. The Hall–Kier alpha value is -4.00. The molecule has 7 heteroatoms. The van der Waals surface area contributed by atoms with Gasteiger partial charge in [-0.05, 0) is 37.3 Å². The second-order valence-corrected chi connectivity index (χ2v) is 6.15. The van der Waals surface area contributed by atoms with E-state index in [-0.39, 0.29) is 11.6 Å². The third-order valence-electron chi connectivity index (χ3n) is 4.20. The van der Waals surface area contributed by atoms with Crippen LogP contribution in [0.15, 0.2) is 73.1 Å². The number of para-hydroxylation sites is 3. The summed E-state index contributed by atoms with van der Waals surface area (Å²) in [5, 5.41) is 6.99. The molecular weight excluding hydrogens is 366 g/mol. The minimum atomic E-state index is -0.348. The summed E-state index contributed by atoms with van der Waals surface area (Å²) in [4.78, 5) is 25.7. The van der Waals surface area contributed by atoms with E-state index in [4.69, 9.17) is 4.74 Å². The number of fused-ring (bicyclic) bond motifs is 1.